The van der Waals surface area contributed by atoms with Crippen molar-refractivity contribution >= 4 is 11.6 Å². The van der Waals surface area contributed by atoms with Gasteiger partial charge >= 0.3 is 0 Å². The molecule has 2 rings (SSSR count). The summed E-state index contributed by atoms with van der Waals surface area (Å²) in [5, 5.41) is 0. The molecule has 0 atom stereocenters. The van der Waals surface area contributed by atoms with Crippen molar-refractivity contribution in [3.05, 3.63) is 54.0 Å². The van der Waals surface area contributed by atoms with Crippen LogP contribution in [0, 0.1) is 6.92 Å². The van der Waals surface area contributed by atoms with E-state index in [0.29, 0.717) is 18.8 Å². The second kappa shape index (κ2) is 6.20. The van der Waals surface area contributed by atoms with Crippen molar-refractivity contribution in [2.75, 3.05) is 18.0 Å². The Morgan fingerprint density at radius 3 is 2.53 bits per heavy atom. The Labute approximate surface area is 112 Å². The second-order valence-electron chi connectivity index (χ2n) is 4.34. The number of hydrogen-bond acceptors (Lipinski definition) is 3. The summed E-state index contributed by atoms with van der Waals surface area (Å²) in [6.45, 7) is 2.95. The molecule has 0 bridgehead atoms. The van der Waals surface area contributed by atoms with E-state index in [1.807, 2.05) is 37.3 Å². The molecule has 0 unspecified atom stereocenters. The predicted molar refractivity (Wildman–Crippen MR) is 75.2 cm³/mol. The van der Waals surface area contributed by atoms with Crippen LogP contribution in [0.4, 0.5) is 5.69 Å². The SMILES string of the molecule is Cc1ccc(C(=O)N(CCCN)c2ccccc2)o1. The average Bonchev–Trinajstić information content (AvgIpc) is 2.87. The van der Waals surface area contributed by atoms with E-state index < -0.39 is 0 Å². The number of carbonyl (C=O) groups is 1. The fraction of sp³-hybridized carbons (Fsp3) is 0.267. The molecule has 1 amide bonds. The Bertz CT molecular complexity index is 534. The van der Waals surface area contributed by atoms with Crippen LogP contribution in [0.15, 0.2) is 46.9 Å². The van der Waals surface area contributed by atoms with Gasteiger partial charge in [-0.15, -0.1) is 0 Å². The van der Waals surface area contributed by atoms with Gasteiger partial charge in [-0.25, -0.2) is 0 Å². The molecule has 0 radical (unpaired) electrons. The van der Waals surface area contributed by atoms with Gasteiger partial charge in [0.2, 0.25) is 0 Å². The Kier molecular flexibility index (Phi) is 4.36. The summed E-state index contributed by atoms with van der Waals surface area (Å²) in [5.41, 5.74) is 6.39. The topological polar surface area (TPSA) is 59.5 Å². The van der Waals surface area contributed by atoms with Crippen molar-refractivity contribution in [2.45, 2.75) is 13.3 Å². The van der Waals surface area contributed by atoms with Crippen molar-refractivity contribution in [2.24, 2.45) is 5.73 Å². The van der Waals surface area contributed by atoms with Gasteiger partial charge in [0.1, 0.15) is 5.76 Å². The molecular weight excluding hydrogens is 240 g/mol. The van der Waals surface area contributed by atoms with Gasteiger partial charge in [-0.3, -0.25) is 4.79 Å². The lowest BCUT2D eigenvalue weighted by atomic mass is 10.2. The van der Waals surface area contributed by atoms with Gasteiger partial charge in [-0.1, -0.05) is 18.2 Å². The molecule has 0 aliphatic heterocycles. The van der Waals surface area contributed by atoms with Crippen LogP contribution in [0.2, 0.25) is 0 Å². The summed E-state index contributed by atoms with van der Waals surface area (Å²) in [5.74, 6) is 0.960. The number of anilines is 1. The zero-order chi connectivity index (χ0) is 13.7. The highest BCUT2D eigenvalue weighted by atomic mass is 16.3. The number of para-hydroxylation sites is 1. The first-order valence-electron chi connectivity index (χ1n) is 6.36. The molecule has 2 aromatic rings. The van der Waals surface area contributed by atoms with Crippen molar-refractivity contribution < 1.29 is 9.21 Å². The van der Waals surface area contributed by atoms with Crippen LogP contribution in [-0.2, 0) is 0 Å². The maximum atomic E-state index is 12.5. The number of furan rings is 1. The van der Waals surface area contributed by atoms with Crippen LogP contribution in [0.5, 0.6) is 0 Å². The molecular formula is C15H18N2O2. The molecule has 0 saturated heterocycles. The van der Waals surface area contributed by atoms with Crippen LogP contribution in [0.25, 0.3) is 0 Å². The second-order valence-corrected chi connectivity index (χ2v) is 4.34. The molecule has 2 N–H and O–H groups in total. The van der Waals surface area contributed by atoms with Crippen LogP contribution < -0.4 is 10.6 Å². The fourth-order valence-corrected chi connectivity index (χ4v) is 1.89. The first-order chi connectivity index (χ1) is 9.22. The molecule has 4 nitrogen and oxygen atoms in total. The molecule has 1 aromatic heterocycles. The molecule has 0 aliphatic carbocycles. The lowest BCUT2D eigenvalue weighted by Crippen LogP contribution is -2.32. The summed E-state index contributed by atoms with van der Waals surface area (Å²) in [7, 11) is 0. The third kappa shape index (κ3) is 3.23. The Hall–Kier alpha value is -2.07. The minimum Gasteiger partial charge on any atom is -0.456 e. The van der Waals surface area contributed by atoms with Gasteiger partial charge < -0.3 is 15.1 Å². The van der Waals surface area contributed by atoms with Gasteiger partial charge in [0.05, 0.1) is 0 Å². The summed E-state index contributed by atoms with van der Waals surface area (Å²) < 4.78 is 5.41. The third-order valence-corrected chi connectivity index (χ3v) is 2.85. The van der Waals surface area contributed by atoms with Gasteiger partial charge in [0.25, 0.3) is 5.91 Å². The van der Waals surface area contributed by atoms with Crippen LogP contribution in [-0.4, -0.2) is 19.0 Å². The first kappa shape index (κ1) is 13.4. The number of nitrogens with two attached hydrogens (primary N) is 1. The normalized spacial score (nSPS) is 10.4. The number of carbonyl (C=O) groups excluding carboxylic acids is 1. The zero-order valence-corrected chi connectivity index (χ0v) is 11.0. The average molecular weight is 258 g/mol. The summed E-state index contributed by atoms with van der Waals surface area (Å²) in [6.07, 6.45) is 0.750. The maximum absolute atomic E-state index is 12.5. The lowest BCUT2D eigenvalue weighted by Gasteiger charge is -2.21. The van der Waals surface area contributed by atoms with E-state index in [-0.39, 0.29) is 5.91 Å². The highest BCUT2D eigenvalue weighted by Gasteiger charge is 2.19. The van der Waals surface area contributed by atoms with Crippen LogP contribution in [0.1, 0.15) is 22.7 Å². The van der Waals surface area contributed by atoms with E-state index >= 15 is 0 Å². The van der Waals surface area contributed by atoms with Gasteiger partial charge in [-0.05, 0) is 44.2 Å². The van der Waals surface area contributed by atoms with Crippen molar-refractivity contribution in [1.82, 2.24) is 0 Å². The van der Waals surface area contributed by atoms with E-state index in [1.54, 1.807) is 17.0 Å². The molecule has 1 heterocycles. The van der Waals surface area contributed by atoms with Crippen molar-refractivity contribution in [3.63, 3.8) is 0 Å². The minimum atomic E-state index is -0.132. The predicted octanol–water partition coefficient (Wildman–Crippen LogP) is 2.58. The monoisotopic (exact) mass is 258 g/mol. The number of hydrogen-bond donors (Lipinski definition) is 1. The molecule has 19 heavy (non-hydrogen) atoms. The van der Waals surface area contributed by atoms with E-state index in [9.17, 15) is 4.79 Å². The maximum Gasteiger partial charge on any atom is 0.293 e. The van der Waals surface area contributed by atoms with Crippen LogP contribution in [0.3, 0.4) is 0 Å². The largest absolute Gasteiger partial charge is 0.456 e. The van der Waals surface area contributed by atoms with E-state index in [0.717, 1.165) is 17.9 Å². The fourth-order valence-electron chi connectivity index (χ4n) is 1.89. The summed E-state index contributed by atoms with van der Waals surface area (Å²) >= 11 is 0. The smallest absolute Gasteiger partial charge is 0.293 e. The highest BCUT2D eigenvalue weighted by molar-refractivity contribution is 6.04. The molecule has 0 aliphatic rings. The molecule has 0 fully saturated rings. The van der Waals surface area contributed by atoms with E-state index in [1.165, 1.54) is 0 Å². The summed E-state index contributed by atoms with van der Waals surface area (Å²) in [6, 6.07) is 13.0. The Morgan fingerprint density at radius 2 is 1.95 bits per heavy atom. The molecule has 100 valence electrons. The molecule has 4 heteroatoms. The number of benzene rings is 1. The minimum absolute atomic E-state index is 0.132. The van der Waals surface area contributed by atoms with E-state index in [4.69, 9.17) is 10.2 Å². The number of aryl methyl sites for hydroxylation is 1. The standard InChI is InChI=1S/C15H18N2O2/c1-12-8-9-14(19-12)15(18)17(11-5-10-16)13-6-3-2-4-7-13/h2-4,6-9H,5,10-11,16H2,1H3. The first-order valence-corrected chi connectivity index (χ1v) is 6.36. The quantitative estimate of drug-likeness (QED) is 0.896. The highest BCUT2D eigenvalue weighted by Crippen LogP contribution is 2.18. The molecule has 0 spiro atoms. The lowest BCUT2D eigenvalue weighted by molar-refractivity contribution is 0.0959. The number of rotatable bonds is 5. The van der Waals surface area contributed by atoms with E-state index in [2.05, 4.69) is 0 Å². The van der Waals surface area contributed by atoms with Gasteiger partial charge in [0.15, 0.2) is 5.76 Å². The zero-order valence-electron chi connectivity index (χ0n) is 11.0. The third-order valence-electron chi connectivity index (χ3n) is 2.85. The van der Waals surface area contributed by atoms with Gasteiger partial charge in [-0.2, -0.15) is 0 Å². The molecule has 0 saturated carbocycles. The van der Waals surface area contributed by atoms with Crippen molar-refractivity contribution in [1.29, 1.82) is 0 Å². The molecule has 1 aromatic carbocycles. The van der Waals surface area contributed by atoms with Crippen LogP contribution >= 0.6 is 0 Å². The summed E-state index contributed by atoms with van der Waals surface area (Å²) in [4.78, 5) is 14.2. The number of nitrogens with zero attached hydrogens (tertiary/aromatic N) is 1. The Balaban J connectivity index is 2.25. The Morgan fingerprint density at radius 1 is 1.21 bits per heavy atom. The number of amides is 1. The van der Waals surface area contributed by atoms with Gasteiger partial charge in [0, 0.05) is 12.2 Å². The van der Waals surface area contributed by atoms with Crippen molar-refractivity contribution in [3.8, 4) is 0 Å².